The molecule has 1 unspecified atom stereocenters. The van der Waals surface area contributed by atoms with Gasteiger partial charge >= 0.3 is 0 Å². The summed E-state index contributed by atoms with van der Waals surface area (Å²) in [6, 6.07) is 3.78. The summed E-state index contributed by atoms with van der Waals surface area (Å²) < 4.78 is 12.2. The Balaban J connectivity index is 3.17. The first-order chi connectivity index (χ1) is 4.20. The van der Waals surface area contributed by atoms with Crippen LogP contribution >= 0.6 is 9.24 Å². The van der Waals surface area contributed by atoms with E-state index in [1.54, 1.807) is 0 Å². The van der Waals surface area contributed by atoms with E-state index in [0.717, 1.165) is 0 Å². The molecule has 0 aliphatic heterocycles. The molecule has 0 aromatic heterocycles. The van der Waals surface area contributed by atoms with Gasteiger partial charge in [-0.1, -0.05) is 0 Å². The van der Waals surface area contributed by atoms with Crippen molar-refractivity contribution in [2.75, 3.05) is 0 Å². The smallest absolute Gasteiger partial charge is 0.124 e. The van der Waals surface area contributed by atoms with Gasteiger partial charge in [0, 0.05) is 5.30 Å². The zero-order valence-corrected chi connectivity index (χ0v) is 5.79. The van der Waals surface area contributed by atoms with E-state index in [1.807, 2.05) is 0 Å². The number of benzene rings is 1. The second-order valence-corrected chi connectivity index (χ2v) is 2.33. The van der Waals surface area contributed by atoms with E-state index in [-0.39, 0.29) is 11.6 Å². The first kappa shape index (κ1) is 6.50. The number of rotatable bonds is 0. The third-order valence-corrected chi connectivity index (χ3v) is 1.45. The maximum absolute atomic E-state index is 12.2. The van der Waals surface area contributed by atoms with Crippen LogP contribution in [0.1, 0.15) is 0 Å². The van der Waals surface area contributed by atoms with Crippen LogP contribution in [0.4, 0.5) is 4.39 Å². The van der Waals surface area contributed by atoms with Crippen molar-refractivity contribution in [2.45, 2.75) is 0 Å². The highest BCUT2D eigenvalue weighted by molar-refractivity contribution is 7.27. The van der Waals surface area contributed by atoms with E-state index in [1.165, 1.54) is 18.2 Å². The average Bonchev–Trinajstić information content (AvgIpc) is 1.80. The molecule has 1 aromatic rings. The predicted octanol–water partition coefficient (Wildman–Crippen LogP) is 1.03. The van der Waals surface area contributed by atoms with E-state index in [0.29, 0.717) is 5.30 Å². The molecule has 3 heteroatoms. The van der Waals surface area contributed by atoms with Crippen LogP contribution in [0.2, 0.25) is 0 Å². The van der Waals surface area contributed by atoms with Crippen molar-refractivity contribution in [3.63, 3.8) is 0 Å². The molecule has 0 bridgehead atoms. The summed E-state index contributed by atoms with van der Waals surface area (Å²) in [4.78, 5) is 0. The van der Waals surface area contributed by atoms with Crippen LogP contribution in [0, 0.1) is 5.82 Å². The van der Waals surface area contributed by atoms with Gasteiger partial charge < -0.3 is 5.11 Å². The Bertz CT molecular complexity index is 224. The molecule has 1 atom stereocenters. The highest BCUT2D eigenvalue weighted by atomic mass is 31.0. The summed E-state index contributed by atoms with van der Waals surface area (Å²) in [7, 11) is 2.23. The van der Waals surface area contributed by atoms with Gasteiger partial charge in [-0.15, -0.1) is 9.24 Å². The van der Waals surface area contributed by atoms with Crippen molar-refractivity contribution < 1.29 is 9.50 Å². The van der Waals surface area contributed by atoms with Gasteiger partial charge in [-0.25, -0.2) is 4.39 Å². The monoisotopic (exact) mass is 144 g/mol. The standard InChI is InChI=1S/C6H6FOP/c7-4-1-2-5(8)6(9)3-4/h1-3,8H,9H2. The molecule has 1 nitrogen and oxygen atoms in total. The van der Waals surface area contributed by atoms with Crippen LogP contribution in [0.3, 0.4) is 0 Å². The van der Waals surface area contributed by atoms with E-state index < -0.39 is 0 Å². The van der Waals surface area contributed by atoms with E-state index in [2.05, 4.69) is 9.24 Å². The Morgan fingerprint density at radius 1 is 1.44 bits per heavy atom. The molecule has 0 fully saturated rings. The molecule has 0 amide bonds. The average molecular weight is 144 g/mol. The third kappa shape index (κ3) is 1.39. The topological polar surface area (TPSA) is 20.2 Å². The normalized spacial score (nSPS) is 9.56. The minimum Gasteiger partial charge on any atom is -0.507 e. The van der Waals surface area contributed by atoms with Crippen LogP contribution in [0.15, 0.2) is 18.2 Å². The molecule has 0 aliphatic rings. The largest absolute Gasteiger partial charge is 0.507 e. The quantitative estimate of drug-likeness (QED) is 0.539. The van der Waals surface area contributed by atoms with Gasteiger partial charge in [0.05, 0.1) is 0 Å². The molecule has 1 N–H and O–H groups in total. The molecular weight excluding hydrogens is 138 g/mol. The number of aromatic hydroxyl groups is 1. The molecule has 0 heterocycles. The summed E-state index contributed by atoms with van der Waals surface area (Å²) >= 11 is 0. The van der Waals surface area contributed by atoms with E-state index in [9.17, 15) is 4.39 Å². The van der Waals surface area contributed by atoms with Crippen molar-refractivity contribution >= 4 is 14.5 Å². The van der Waals surface area contributed by atoms with Gasteiger partial charge in [0.1, 0.15) is 11.6 Å². The summed E-state index contributed by atoms with van der Waals surface area (Å²) in [6.45, 7) is 0. The Labute approximate surface area is 54.7 Å². The number of halogens is 1. The number of phenolic OH excluding ortho intramolecular Hbond substituents is 1. The molecule has 0 spiro atoms. The van der Waals surface area contributed by atoms with Crippen molar-refractivity contribution in [1.29, 1.82) is 0 Å². The van der Waals surface area contributed by atoms with Gasteiger partial charge in [-0.2, -0.15) is 0 Å². The van der Waals surface area contributed by atoms with Gasteiger partial charge in [-0.05, 0) is 18.2 Å². The Morgan fingerprint density at radius 2 is 2.11 bits per heavy atom. The summed E-state index contributed by atoms with van der Waals surface area (Å²) in [5.41, 5.74) is 0. The summed E-state index contributed by atoms with van der Waals surface area (Å²) in [5, 5.41) is 9.34. The molecule has 0 aliphatic carbocycles. The van der Waals surface area contributed by atoms with Crippen molar-refractivity contribution in [2.24, 2.45) is 0 Å². The van der Waals surface area contributed by atoms with Gasteiger partial charge in [0.25, 0.3) is 0 Å². The lowest BCUT2D eigenvalue weighted by molar-refractivity contribution is 0.478. The highest BCUT2D eigenvalue weighted by Gasteiger charge is 1.94. The summed E-state index contributed by atoms with van der Waals surface area (Å²) in [6.07, 6.45) is 0. The second kappa shape index (κ2) is 2.32. The minimum atomic E-state index is -0.335. The van der Waals surface area contributed by atoms with E-state index in [4.69, 9.17) is 5.11 Å². The fourth-order valence-corrected chi connectivity index (χ4v) is 0.781. The zero-order chi connectivity index (χ0) is 6.85. The van der Waals surface area contributed by atoms with Crippen LogP contribution < -0.4 is 5.30 Å². The Kier molecular flexibility index (Phi) is 1.68. The van der Waals surface area contributed by atoms with Gasteiger partial charge in [0.2, 0.25) is 0 Å². The molecule has 9 heavy (non-hydrogen) atoms. The molecule has 48 valence electrons. The lowest BCUT2D eigenvalue weighted by Crippen LogP contribution is -1.91. The van der Waals surface area contributed by atoms with Crippen LogP contribution in [-0.4, -0.2) is 5.11 Å². The second-order valence-electron chi connectivity index (χ2n) is 1.70. The molecule has 0 saturated carbocycles. The number of hydrogen-bond acceptors (Lipinski definition) is 1. The van der Waals surface area contributed by atoms with Crippen molar-refractivity contribution in [3.05, 3.63) is 24.0 Å². The van der Waals surface area contributed by atoms with Gasteiger partial charge in [-0.3, -0.25) is 0 Å². The molecule has 0 saturated heterocycles. The molecule has 1 aromatic carbocycles. The fourth-order valence-electron chi connectivity index (χ4n) is 0.525. The Hall–Kier alpha value is -0.620. The van der Waals surface area contributed by atoms with E-state index >= 15 is 0 Å². The fraction of sp³-hybridized carbons (Fsp3) is 0. The zero-order valence-electron chi connectivity index (χ0n) is 4.63. The van der Waals surface area contributed by atoms with Crippen LogP contribution in [0.5, 0.6) is 5.75 Å². The first-order valence-electron chi connectivity index (χ1n) is 2.44. The lowest BCUT2D eigenvalue weighted by atomic mass is 10.3. The molecule has 0 radical (unpaired) electrons. The summed E-state index contributed by atoms with van der Waals surface area (Å²) in [5.74, 6) is -0.237. The van der Waals surface area contributed by atoms with Gasteiger partial charge in [0.15, 0.2) is 0 Å². The minimum absolute atomic E-state index is 0.0985. The first-order valence-corrected chi connectivity index (χ1v) is 3.02. The highest BCUT2D eigenvalue weighted by Crippen LogP contribution is 2.08. The third-order valence-electron chi connectivity index (χ3n) is 0.990. The molecular formula is C6H6FOP. The number of hydrogen-bond donors (Lipinski definition) is 1. The molecule has 1 rings (SSSR count). The van der Waals surface area contributed by atoms with Crippen LogP contribution in [0.25, 0.3) is 0 Å². The lowest BCUT2D eigenvalue weighted by Gasteiger charge is -1.94. The van der Waals surface area contributed by atoms with Crippen LogP contribution in [-0.2, 0) is 0 Å². The Morgan fingerprint density at radius 3 is 2.56 bits per heavy atom. The van der Waals surface area contributed by atoms with Crippen molar-refractivity contribution in [1.82, 2.24) is 0 Å². The maximum atomic E-state index is 12.2. The SMILES string of the molecule is Oc1ccc(F)cc1P. The van der Waals surface area contributed by atoms with Crippen molar-refractivity contribution in [3.8, 4) is 5.75 Å². The number of phenols is 1. The predicted molar refractivity (Wildman–Crippen MR) is 37.4 cm³/mol. The maximum Gasteiger partial charge on any atom is 0.124 e.